The van der Waals surface area contributed by atoms with Gasteiger partial charge in [0, 0.05) is 14.9 Å². The summed E-state index contributed by atoms with van der Waals surface area (Å²) in [5.74, 6) is -0.273. The molecule has 0 aliphatic carbocycles. The number of benzene rings is 1. The van der Waals surface area contributed by atoms with Gasteiger partial charge in [-0.1, -0.05) is 28.1 Å². The summed E-state index contributed by atoms with van der Waals surface area (Å²) in [6, 6.07) is 8.39. The summed E-state index contributed by atoms with van der Waals surface area (Å²) in [4.78, 5) is 0.969. The monoisotopic (exact) mass is 321 g/mol. The Hall–Kier alpha value is -0.420. The molecule has 1 heterocycles. The quantitative estimate of drug-likeness (QED) is 0.884. The smallest absolute Gasteiger partial charge is 0.129 e. The number of halogens is 3. The normalized spacial score (nSPS) is 11.9. The molecule has 0 fully saturated rings. The molecule has 5 heteroatoms. The first-order chi connectivity index (χ1) is 7.18. The van der Waals surface area contributed by atoms with Crippen molar-refractivity contribution in [3.05, 3.63) is 56.4 Å². The van der Waals surface area contributed by atoms with Gasteiger partial charge in [0.1, 0.15) is 5.82 Å². The zero-order chi connectivity index (χ0) is 10.8. The average Bonchev–Trinajstić information content (AvgIpc) is 2.69. The third-order valence-electron chi connectivity index (χ3n) is 2.15. The molecule has 0 saturated carbocycles. The van der Waals surface area contributed by atoms with Crippen LogP contribution in [0.1, 0.15) is 16.5 Å². The molecule has 2 N–H and O–H groups in total. The van der Waals surface area contributed by atoms with Crippen molar-refractivity contribution in [1.82, 2.24) is 0 Å². The molecular formula is C11H10BrClFNS. The minimum Gasteiger partial charge on any atom is -0.320 e. The summed E-state index contributed by atoms with van der Waals surface area (Å²) in [5.41, 5.74) is 6.50. The van der Waals surface area contributed by atoms with E-state index in [-0.39, 0.29) is 24.3 Å². The molecule has 16 heavy (non-hydrogen) atoms. The highest BCUT2D eigenvalue weighted by atomic mass is 79.9. The molecule has 2 rings (SSSR count). The van der Waals surface area contributed by atoms with Gasteiger partial charge in [-0.2, -0.15) is 0 Å². The van der Waals surface area contributed by atoms with Crippen molar-refractivity contribution in [2.45, 2.75) is 6.04 Å². The third kappa shape index (κ3) is 2.83. The highest BCUT2D eigenvalue weighted by molar-refractivity contribution is 9.10. The first-order valence-corrected chi connectivity index (χ1v) is 6.09. The van der Waals surface area contributed by atoms with Gasteiger partial charge >= 0.3 is 0 Å². The fraction of sp³-hybridized carbons (Fsp3) is 0.0909. The van der Waals surface area contributed by atoms with Crippen LogP contribution < -0.4 is 5.73 Å². The van der Waals surface area contributed by atoms with Crippen LogP contribution in [0.4, 0.5) is 4.39 Å². The Balaban J connectivity index is 0.00000128. The van der Waals surface area contributed by atoms with Crippen LogP contribution in [0.25, 0.3) is 0 Å². The molecule has 0 radical (unpaired) electrons. The van der Waals surface area contributed by atoms with E-state index in [1.807, 2.05) is 17.5 Å². The van der Waals surface area contributed by atoms with Gasteiger partial charge in [0.05, 0.1) is 6.04 Å². The number of nitrogens with two attached hydrogens (primary N) is 1. The van der Waals surface area contributed by atoms with Gasteiger partial charge in [0.15, 0.2) is 0 Å². The molecule has 0 aliphatic rings. The SMILES string of the molecule is Cl.N[C@H](c1cccs1)c1ccc(Br)cc1F. The second kappa shape index (κ2) is 5.77. The largest absolute Gasteiger partial charge is 0.320 e. The number of rotatable bonds is 2. The fourth-order valence-corrected chi connectivity index (χ4v) is 2.45. The molecule has 0 spiro atoms. The first kappa shape index (κ1) is 13.6. The topological polar surface area (TPSA) is 26.0 Å². The van der Waals surface area contributed by atoms with Crippen LogP contribution in [0.3, 0.4) is 0 Å². The average molecular weight is 323 g/mol. The van der Waals surface area contributed by atoms with Crippen LogP contribution in [0.15, 0.2) is 40.2 Å². The predicted octanol–water partition coefficient (Wildman–Crippen LogP) is 4.12. The lowest BCUT2D eigenvalue weighted by Gasteiger charge is -2.11. The third-order valence-corrected chi connectivity index (χ3v) is 3.60. The molecule has 1 aromatic heterocycles. The molecule has 1 nitrogen and oxygen atoms in total. The van der Waals surface area contributed by atoms with E-state index in [4.69, 9.17) is 5.73 Å². The zero-order valence-electron chi connectivity index (χ0n) is 8.19. The van der Waals surface area contributed by atoms with Crippen molar-refractivity contribution in [3.8, 4) is 0 Å². The molecule has 1 atom stereocenters. The summed E-state index contributed by atoms with van der Waals surface area (Å²) >= 11 is 4.75. The van der Waals surface area contributed by atoms with Crippen molar-refractivity contribution in [3.63, 3.8) is 0 Å². The standard InChI is InChI=1S/C11H9BrFNS.ClH/c12-7-3-4-8(9(13)6-7)11(14)10-2-1-5-15-10;/h1-6,11H,14H2;1H/t11-;/m0./s1. The van der Waals surface area contributed by atoms with Crippen LogP contribution in [0.2, 0.25) is 0 Å². The Morgan fingerprint density at radius 1 is 1.31 bits per heavy atom. The maximum Gasteiger partial charge on any atom is 0.129 e. The predicted molar refractivity (Wildman–Crippen MR) is 71.7 cm³/mol. The van der Waals surface area contributed by atoms with Gasteiger partial charge in [-0.3, -0.25) is 0 Å². The van der Waals surface area contributed by atoms with Crippen LogP contribution in [-0.2, 0) is 0 Å². The Labute approximate surface area is 112 Å². The van der Waals surface area contributed by atoms with E-state index in [1.54, 1.807) is 12.1 Å². The van der Waals surface area contributed by atoms with Crippen molar-refractivity contribution in [1.29, 1.82) is 0 Å². The van der Waals surface area contributed by atoms with Gasteiger partial charge in [0.25, 0.3) is 0 Å². The zero-order valence-corrected chi connectivity index (χ0v) is 11.4. The maximum atomic E-state index is 13.6. The molecular weight excluding hydrogens is 313 g/mol. The second-order valence-electron chi connectivity index (χ2n) is 3.16. The van der Waals surface area contributed by atoms with Crippen LogP contribution in [0, 0.1) is 5.82 Å². The summed E-state index contributed by atoms with van der Waals surface area (Å²) in [6.07, 6.45) is 0. The molecule has 0 aliphatic heterocycles. The number of hydrogen-bond donors (Lipinski definition) is 1. The van der Waals surface area contributed by atoms with E-state index < -0.39 is 0 Å². The fourth-order valence-electron chi connectivity index (χ4n) is 1.38. The van der Waals surface area contributed by atoms with Crippen molar-refractivity contribution >= 4 is 39.7 Å². The van der Waals surface area contributed by atoms with Gasteiger partial charge < -0.3 is 5.73 Å². The summed E-state index contributed by atoms with van der Waals surface area (Å²) in [6.45, 7) is 0. The molecule has 0 amide bonds. The molecule has 0 unspecified atom stereocenters. The van der Waals surface area contributed by atoms with Crippen molar-refractivity contribution in [2.24, 2.45) is 5.73 Å². The van der Waals surface area contributed by atoms with Gasteiger partial charge in [0.2, 0.25) is 0 Å². The van der Waals surface area contributed by atoms with E-state index in [9.17, 15) is 4.39 Å². The van der Waals surface area contributed by atoms with Gasteiger partial charge in [-0.05, 0) is 23.6 Å². The van der Waals surface area contributed by atoms with E-state index in [2.05, 4.69) is 15.9 Å². The Morgan fingerprint density at radius 2 is 2.06 bits per heavy atom. The van der Waals surface area contributed by atoms with Gasteiger partial charge in [-0.15, -0.1) is 23.7 Å². The first-order valence-electron chi connectivity index (χ1n) is 4.42. The van der Waals surface area contributed by atoms with Crippen LogP contribution in [-0.4, -0.2) is 0 Å². The van der Waals surface area contributed by atoms with Crippen molar-refractivity contribution < 1.29 is 4.39 Å². The highest BCUT2D eigenvalue weighted by Crippen LogP contribution is 2.27. The number of hydrogen-bond acceptors (Lipinski definition) is 2. The van der Waals surface area contributed by atoms with E-state index >= 15 is 0 Å². The molecule has 1 aromatic carbocycles. The molecule has 2 aromatic rings. The van der Waals surface area contributed by atoms with Crippen LogP contribution in [0.5, 0.6) is 0 Å². The van der Waals surface area contributed by atoms with Gasteiger partial charge in [-0.25, -0.2) is 4.39 Å². The number of thiophene rings is 1. The molecule has 0 bridgehead atoms. The lowest BCUT2D eigenvalue weighted by Crippen LogP contribution is -2.11. The summed E-state index contributed by atoms with van der Waals surface area (Å²) in [7, 11) is 0. The summed E-state index contributed by atoms with van der Waals surface area (Å²) < 4.78 is 14.3. The lowest BCUT2D eigenvalue weighted by atomic mass is 10.1. The van der Waals surface area contributed by atoms with E-state index in [0.29, 0.717) is 5.56 Å². The molecule has 0 saturated heterocycles. The van der Waals surface area contributed by atoms with E-state index in [1.165, 1.54) is 17.4 Å². The van der Waals surface area contributed by atoms with Crippen molar-refractivity contribution in [2.75, 3.05) is 0 Å². The Morgan fingerprint density at radius 3 is 2.62 bits per heavy atom. The molecule has 86 valence electrons. The van der Waals surface area contributed by atoms with E-state index in [0.717, 1.165) is 9.35 Å². The minimum atomic E-state index is -0.377. The minimum absolute atomic E-state index is 0. The lowest BCUT2D eigenvalue weighted by molar-refractivity contribution is 0.600. The maximum absolute atomic E-state index is 13.6. The second-order valence-corrected chi connectivity index (χ2v) is 5.05. The van der Waals surface area contributed by atoms with Crippen LogP contribution >= 0.6 is 39.7 Å². The highest BCUT2D eigenvalue weighted by Gasteiger charge is 2.14. The Kier molecular flexibility index (Phi) is 4.92. The summed E-state index contributed by atoms with van der Waals surface area (Å²) in [5, 5.41) is 1.94. The Bertz CT molecular complexity index is 461.